The van der Waals surface area contributed by atoms with Crippen LogP contribution in [0.15, 0.2) is 46.8 Å². The fourth-order valence-corrected chi connectivity index (χ4v) is 3.37. The van der Waals surface area contributed by atoms with Crippen molar-refractivity contribution in [3.63, 3.8) is 0 Å². The molecule has 9 nitrogen and oxygen atoms in total. The van der Waals surface area contributed by atoms with Crippen molar-refractivity contribution in [3.8, 4) is 0 Å². The summed E-state index contributed by atoms with van der Waals surface area (Å²) in [6.07, 6.45) is 6.68. The van der Waals surface area contributed by atoms with E-state index in [1.165, 1.54) is 11.1 Å². The molecule has 2 aliphatic rings. The van der Waals surface area contributed by atoms with Gasteiger partial charge in [0.05, 0.1) is 45.1 Å². The van der Waals surface area contributed by atoms with E-state index in [9.17, 15) is 19.2 Å². The van der Waals surface area contributed by atoms with Crippen molar-refractivity contribution in [2.45, 2.75) is 18.9 Å². The highest BCUT2D eigenvalue weighted by atomic mass is 16.5. The van der Waals surface area contributed by atoms with Gasteiger partial charge in [-0.05, 0) is 12.5 Å². The Morgan fingerprint density at radius 2 is 1.36 bits per heavy atom. The van der Waals surface area contributed by atoms with E-state index in [0.29, 0.717) is 0 Å². The Hall–Kier alpha value is -3.36. The maximum absolute atomic E-state index is 12.8. The lowest BCUT2D eigenvalue weighted by Crippen LogP contribution is -2.54. The number of nitrogens with zero attached hydrogens (tertiary/aromatic N) is 1. The van der Waals surface area contributed by atoms with E-state index in [-0.39, 0.29) is 17.7 Å². The van der Waals surface area contributed by atoms with Gasteiger partial charge in [-0.2, -0.15) is 0 Å². The monoisotopic (exact) mass is 391 g/mol. The summed E-state index contributed by atoms with van der Waals surface area (Å²) >= 11 is 0. The first-order valence-electron chi connectivity index (χ1n) is 8.32. The van der Waals surface area contributed by atoms with E-state index in [0.717, 1.165) is 28.4 Å². The van der Waals surface area contributed by atoms with E-state index in [1.807, 2.05) is 0 Å². The van der Waals surface area contributed by atoms with Crippen molar-refractivity contribution < 1.29 is 38.1 Å². The zero-order valence-corrected chi connectivity index (χ0v) is 16.2. The Labute approximate surface area is 161 Å². The van der Waals surface area contributed by atoms with E-state index >= 15 is 0 Å². The third-order valence-corrected chi connectivity index (χ3v) is 4.65. The molecule has 0 fully saturated rings. The highest BCUT2D eigenvalue weighted by molar-refractivity contribution is 6.17. The summed E-state index contributed by atoms with van der Waals surface area (Å²) in [5.74, 6) is -3.73. The van der Waals surface area contributed by atoms with Gasteiger partial charge in [-0.15, -0.1) is 0 Å². The van der Waals surface area contributed by atoms with Crippen LogP contribution in [-0.4, -0.2) is 62.8 Å². The summed E-state index contributed by atoms with van der Waals surface area (Å²) < 4.78 is 19.3. The largest absolute Gasteiger partial charge is 0.466 e. The molecule has 150 valence electrons. The van der Waals surface area contributed by atoms with E-state index in [1.54, 1.807) is 25.2 Å². The second-order valence-corrected chi connectivity index (χ2v) is 5.79. The molecule has 0 N–H and O–H groups in total. The SMILES string of the molecule is CCC12C=CC=CN1C(C(=O)OC)=C(C(=O)OC)C(C(=O)OC)=C2C(=O)OC. The molecule has 2 heterocycles. The second kappa shape index (κ2) is 8.12. The molecule has 2 aliphatic heterocycles. The van der Waals surface area contributed by atoms with Crippen LogP contribution in [0.25, 0.3) is 0 Å². The summed E-state index contributed by atoms with van der Waals surface area (Å²) in [4.78, 5) is 52.1. The predicted octanol–water partition coefficient (Wildman–Crippen LogP) is 0.777. The van der Waals surface area contributed by atoms with E-state index < -0.39 is 40.6 Å². The number of hydrogen-bond acceptors (Lipinski definition) is 9. The smallest absolute Gasteiger partial charge is 0.355 e. The Bertz CT molecular complexity index is 848. The molecule has 0 radical (unpaired) electrons. The number of allylic oxidation sites excluding steroid dienone is 2. The van der Waals surface area contributed by atoms with Gasteiger partial charge in [-0.1, -0.05) is 19.1 Å². The number of carbonyl (C=O) groups is 4. The highest BCUT2D eigenvalue weighted by Gasteiger charge is 2.53. The molecule has 9 heteroatoms. The van der Waals surface area contributed by atoms with Gasteiger partial charge < -0.3 is 23.8 Å². The summed E-state index contributed by atoms with van der Waals surface area (Å²) in [6, 6.07) is 0. The molecule has 0 aromatic heterocycles. The Morgan fingerprint density at radius 3 is 1.86 bits per heavy atom. The van der Waals surface area contributed by atoms with Gasteiger partial charge in [0.1, 0.15) is 11.3 Å². The van der Waals surface area contributed by atoms with Crippen LogP contribution in [0.2, 0.25) is 0 Å². The minimum atomic E-state index is -1.27. The van der Waals surface area contributed by atoms with Crippen molar-refractivity contribution in [1.82, 2.24) is 4.90 Å². The lowest BCUT2D eigenvalue weighted by molar-refractivity contribution is -0.144. The van der Waals surface area contributed by atoms with Crippen LogP contribution in [0.5, 0.6) is 0 Å². The minimum Gasteiger partial charge on any atom is -0.466 e. The molecule has 0 amide bonds. The van der Waals surface area contributed by atoms with Gasteiger partial charge in [0.15, 0.2) is 0 Å². The third-order valence-electron chi connectivity index (χ3n) is 4.65. The van der Waals surface area contributed by atoms with Crippen molar-refractivity contribution >= 4 is 23.9 Å². The van der Waals surface area contributed by atoms with Crippen LogP contribution < -0.4 is 0 Å². The fourth-order valence-electron chi connectivity index (χ4n) is 3.37. The number of rotatable bonds is 5. The Kier molecular flexibility index (Phi) is 6.07. The lowest BCUT2D eigenvalue weighted by Gasteiger charge is -2.47. The summed E-state index contributed by atoms with van der Waals surface area (Å²) in [7, 11) is 4.47. The zero-order valence-electron chi connectivity index (χ0n) is 16.2. The van der Waals surface area contributed by atoms with Gasteiger partial charge in [-0.3, -0.25) is 0 Å². The van der Waals surface area contributed by atoms with Gasteiger partial charge >= 0.3 is 23.9 Å². The Balaban J connectivity index is 3.09. The summed E-state index contributed by atoms with van der Waals surface area (Å²) in [6.45, 7) is 1.76. The molecular weight excluding hydrogens is 370 g/mol. The van der Waals surface area contributed by atoms with Gasteiger partial charge in [0.25, 0.3) is 0 Å². The third kappa shape index (κ3) is 2.98. The normalized spacial score (nSPS) is 20.5. The molecule has 0 saturated carbocycles. The first kappa shape index (κ1) is 20.9. The number of methoxy groups -OCH3 is 4. The summed E-state index contributed by atoms with van der Waals surface area (Å²) in [5.41, 5.74) is -2.50. The second-order valence-electron chi connectivity index (χ2n) is 5.79. The van der Waals surface area contributed by atoms with Crippen LogP contribution in [0.3, 0.4) is 0 Å². The average molecular weight is 391 g/mol. The molecule has 0 bridgehead atoms. The molecule has 1 unspecified atom stereocenters. The summed E-state index contributed by atoms with van der Waals surface area (Å²) in [5, 5.41) is 0. The molecule has 0 saturated heterocycles. The quantitative estimate of drug-likeness (QED) is 0.496. The maximum Gasteiger partial charge on any atom is 0.355 e. The number of hydrogen-bond donors (Lipinski definition) is 0. The number of fused-ring (bicyclic) bond motifs is 1. The predicted molar refractivity (Wildman–Crippen MR) is 95.3 cm³/mol. The Morgan fingerprint density at radius 1 is 0.821 bits per heavy atom. The van der Waals surface area contributed by atoms with Crippen LogP contribution in [0, 0.1) is 0 Å². The molecular formula is C19H21NO8. The fraction of sp³-hybridized carbons (Fsp3) is 0.368. The van der Waals surface area contributed by atoms with Gasteiger partial charge in [-0.25, -0.2) is 19.2 Å². The minimum absolute atomic E-state index is 0.141. The molecule has 0 aliphatic carbocycles. The topological polar surface area (TPSA) is 108 Å². The molecule has 1 atom stereocenters. The van der Waals surface area contributed by atoms with Crippen LogP contribution in [0.1, 0.15) is 13.3 Å². The van der Waals surface area contributed by atoms with Crippen molar-refractivity contribution in [2.75, 3.05) is 28.4 Å². The first-order valence-corrected chi connectivity index (χ1v) is 8.32. The van der Waals surface area contributed by atoms with Crippen molar-refractivity contribution in [3.05, 3.63) is 46.8 Å². The molecule has 28 heavy (non-hydrogen) atoms. The van der Waals surface area contributed by atoms with Crippen LogP contribution in [0.4, 0.5) is 0 Å². The lowest BCUT2D eigenvalue weighted by atomic mass is 9.75. The van der Waals surface area contributed by atoms with E-state index in [4.69, 9.17) is 18.9 Å². The van der Waals surface area contributed by atoms with Gasteiger partial charge in [0, 0.05) is 6.20 Å². The number of esters is 4. The van der Waals surface area contributed by atoms with E-state index in [2.05, 4.69) is 0 Å². The average Bonchev–Trinajstić information content (AvgIpc) is 2.74. The highest BCUT2D eigenvalue weighted by Crippen LogP contribution is 2.45. The molecule has 2 rings (SSSR count). The van der Waals surface area contributed by atoms with Crippen molar-refractivity contribution in [2.24, 2.45) is 0 Å². The number of ether oxygens (including phenoxy) is 4. The van der Waals surface area contributed by atoms with Crippen molar-refractivity contribution in [1.29, 1.82) is 0 Å². The molecule has 0 spiro atoms. The first-order chi connectivity index (χ1) is 13.3. The molecule has 0 aromatic rings. The van der Waals surface area contributed by atoms with Crippen LogP contribution in [-0.2, 0) is 38.1 Å². The molecule has 0 aromatic carbocycles. The van der Waals surface area contributed by atoms with Gasteiger partial charge in [0.2, 0.25) is 0 Å². The zero-order chi connectivity index (χ0) is 21.1. The van der Waals surface area contributed by atoms with Crippen LogP contribution >= 0.6 is 0 Å². The standard InChI is InChI=1S/C19H21NO8/c1-6-19-9-7-8-10-20(19)14(18(24)28-5)12(16(22)26-3)11(15(21)25-2)13(19)17(23)27-4/h7-10H,6H2,1-5H3. The maximum atomic E-state index is 12.8. The number of carbonyl (C=O) groups excluding carboxylic acids is 4.